The molecule has 1 aliphatic rings. The van der Waals surface area contributed by atoms with Crippen LogP contribution in [0.5, 0.6) is 5.75 Å². The van der Waals surface area contributed by atoms with Crippen LogP contribution in [0.25, 0.3) is 0 Å². The predicted molar refractivity (Wildman–Crippen MR) is 94.1 cm³/mol. The van der Waals surface area contributed by atoms with Gasteiger partial charge in [-0.1, -0.05) is 24.3 Å². The Kier molecular flexibility index (Phi) is 4.71. The number of fused-ring (bicyclic) bond motifs is 1. The van der Waals surface area contributed by atoms with Gasteiger partial charge in [-0.2, -0.15) is 8.42 Å². The molecule has 2 aromatic rings. The number of methoxy groups -OCH3 is 1. The SMILES string of the molecule is COc1ccc(CNC(=O)CC2=NS(=O)(=O)c3ccccc3N2)cc1. The Labute approximate surface area is 145 Å². The second kappa shape index (κ2) is 6.94. The average molecular weight is 359 g/mol. The molecule has 0 saturated carbocycles. The quantitative estimate of drug-likeness (QED) is 0.850. The molecule has 0 spiro atoms. The first-order chi connectivity index (χ1) is 12.0. The summed E-state index contributed by atoms with van der Waals surface area (Å²) in [5.74, 6) is 0.516. The molecule has 0 unspecified atom stereocenters. The van der Waals surface area contributed by atoms with E-state index >= 15 is 0 Å². The van der Waals surface area contributed by atoms with Crippen molar-refractivity contribution < 1.29 is 17.9 Å². The number of hydrogen-bond donors (Lipinski definition) is 2. The smallest absolute Gasteiger partial charge is 0.286 e. The van der Waals surface area contributed by atoms with Crippen LogP contribution in [0, 0.1) is 0 Å². The van der Waals surface area contributed by atoms with Gasteiger partial charge in [0.05, 0.1) is 19.2 Å². The van der Waals surface area contributed by atoms with Crippen molar-refractivity contribution in [1.82, 2.24) is 5.32 Å². The van der Waals surface area contributed by atoms with E-state index in [1.54, 1.807) is 37.4 Å². The van der Waals surface area contributed by atoms with Gasteiger partial charge in [-0.3, -0.25) is 4.79 Å². The van der Waals surface area contributed by atoms with Gasteiger partial charge in [0.25, 0.3) is 10.0 Å². The van der Waals surface area contributed by atoms with E-state index in [-0.39, 0.29) is 23.1 Å². The summed E-state index contributed by atoms with van der Waals surface area (Å²) in [5, 5.41) is 5.63. The lowest BCUT2D eigenvalue weighted by atomic mass is 10.2. The summed E-state index contributed by atoms with van der Waals surface area (Å²) in [7, 11) is -2.20. The second-order valence-corrected chi connectivity index (χ2v) is 7.01. The molecule has 1 heterocycles. The van der Waals surface area contributed by atoms with Gasteiger partial charge >= 0.3 is 0 Å². The largest absolute Gasteiger partial charge is 0.497 e. The number of amides is 1. The third-order valence-corrected chi connectivity index (χ3v) is 5.02. The first-order valence-electron chi connectivity index (χ1n) is 7.57. The Morgan fingerprint density at radius 1 is 1.16 bits per heavy atom. The number of nitrogens with one attached hydrogen (secondary N) is 2. The van der Waals surface area contributed by atoms with Crippen molar-refractivity contribution in [3.8, 4) is 5.75 Å². The van der Waals surface area contributed by atoms with Gasteiger partial charge < -0.3 is 15.4 Å². The number of hydrogen-bond acceptors (Lipinski definition) is 5. The highest BCUT2D eigenvalue weighted by atomic mass is 32.2. The Bertz CT molecular complexity index is 921. The minimum Gasteiger partial charge on any atom is -0.497 e. The van der Waals surface area contributed by atoms with Gasteiger partial charge in [-0.25, -0.2) is 0 Å². The standard InChI is InChI=1S/C17H17N3O4S/c1-24-13-8-6-12(7-9-13)11-18-17(21)10-16-19-14-4-2-3-5-15(14)25(22,23)20-16/h2-9H,10-11H2,1H3,(H,18,21)(H,19,20). The Morgan fingerprint density at radius 3 is 2.60 bits per heavy atom. The number of amidine groups is 1. The van der Waals surface area contributed by atoms with Crippen molar-refractivity contribution in [1.29, 1.82) is 0 Å². The lowest BCUT2D eigenvalue weighted by Gasteiger charge is -2.17. The first-order valence-corrected chi connectivity index (χ1v) is 9.01. The van der Waals surface area contributed by atoms with Gasteiger partial charge in [0, 0.05) is 6.54 Å². The average Bonchev–Trinajstić information content (AvgIpc) is 2.60. The molecule has 0 aliphatic carbocycles. The zero-order chi connectivity index (χ0) is 17.9. The van der Waals surface area contributed by atoms with Crippen LogP contribution in [0.2, 0.25) is 0 Å². The highest BCUT2D eigenvalue weighted by Crippen LogP contribution is 2.27. The van der Waals surface area contributed by atoms with Crippen LogP contribution in [0.4, 0.5) is 5.69 Å². The van der Waals surface area contributed by atoms with Crippen molar-refractivity contribution in [2.24, 2.45) is 4.40 Å². The number of anilines is 1. The van der Waals surface area contributed by atoms with E-state index in [9.17, 15) is 13.2 Å². The minimum atomic E-state index is -3.78. The maximum atomic E-state index is 12.1. The van der Waals surface area contributed by atoms with Gasteiger partial charge in [-0.05, 0) is 29.8 Å². The normalized spacial score (nSPS) is 14.7. The highest BCUT2D eigenvalue weighted by Gasteiger charge is 2.25. The van der Waals surface area contributed by atoms with Crippen LogP contribution in [-0.2, 0) is 21.4 Å². The maximum absolute atomic E-state index is 12.1. The Morgan fingerprint density at radius 2 is 1.88 bits per heavy atom. The molecule has 2 aromatic carbocycles. The molecule has 0 radical (unpaired) electrons. The molecule has 8 heteroatoms. The molecule has 130 valence electrons. The van der Waals surface area contributed by atoms with Crippen LogP contribution in [0.15, 0.2) is 57.8 Å². The van der Waals surface area contributed by atoms with Crippen LogP contribution in [0.3, 0.4) is 0 Å². The monoisotopic (exact) mass is 359 g/mol. The van der Waals surface area contributed by atoms with Crippen molar-refractivity contribution in [2.45, 2.75) is 17.9 Å². The van der Waals surface area contributed by atoms with Crippen LogP contribution < -0.4 is 15.4 Å². The molecule has 0 fully saturated rings. The molecule has 0 bridgehead atoms. The molecule has 1 amide bonds. The molecular weight excluding hydrogens is 342 g/mol. The van der Waals surface area contributed by atoms with Crippen LogP contribution >= 0.6 is 0 Å². The van der Waals surface area contributed by atoms with Gasteiger partial charge in [0.15, 0.2) is 0 Å². The van der Waals surface area contributed by atoms with E-state index in [1.807, 2.05) is 12.1 Å². The fourth-order valence-corrected chi connectivity index (χ4v) is 3.55. The van der Waals surface area contributed by atoms with Gasteiger partial charge in [0.1, 0.15) is 16.5 Å². The summed E-state index contributed by atoms with van der Waals surface area (Å²) in [5.41, 5.74) is 1.33. The second-order valence-electron chi connectivity index (χ2n) is 5.44. The van der Waals surface area contributed by atoms with Crippen molar-refractivity contribution in [3.05, 3.63) is 54.1 Å². The van der Waals surface area contributed by atoms with Crippen molar-refractivity contribution in [3.63, 3.8) is 0 Å². The number of para-hydroxylation sites is 1. The summed E-state index contributed by atoms with van der Waals surface area (Å²) in [6.45, 7) is 0.333. The molecule has 0 saturated heterocycles. The molecule has 2 N–H and O–H groups in total. The number of carbonyl (C=O) groups excluding carboxylic acids is 1. The maximum Gasteiger partial charge on any atom is 0.286 e. The molecular formula is C17H17N3O4S. The van der Waals surface area contributed by atoms with E-state index in [1.165, 1.54) is 6.07 Å². The van der Waals surface area contributed by atoms with Gasteiger partial charge in [-0.15, -0.1) is 4.40 Å². The molecule has 0 aromatic heterocycles. The zero-order valence-electron chi connectivity index (χ0n) is 13.5. The molecule has 3 rings (SSSR count). The van der Waals surface area contributed by atoms with Crippen molar-refractivity contribution in [2.75, 3.05) is 12.4 Å². The molecule has 25 heavy (non-hydrogen) atoms. The zero-order valence-corrected chi connectivity index (χ0v) is 14.3. The van der Waals surface area contributed by atoms with E-state index in [0.29, 0.717) is 12.2 Å². The summed E-state index contributed by atoms with van der Waals surface area (Å²) < 4.78 is 33.0. The summed E-state index contributed by atoms with van der Waals surface area (Å²) in [6, 6.07) is 13.7. The number of nitrogens with zero attached hydrogens (tertiary/aromatic N) is 1. The predicted octanol–water partition coefficient (Wildman–Crippen LogP) is 1.91. The van der Waals surface area contributed by atoms with Crippen LogP contribution in [0.1, 0.15) is 12.0 Å². The molecule has 0 atom stereocenters. The topological polar surface area (TPSA) is 96.9 Å². The number of ether oxygens (including phenoxy) is 1. The van der Waals surface area contributed by atoms with Crippen molar-refractivity contribution >= 4 is 27.5 Å². The number of carbonyl (C=O) groups is 1. The lowest BCUT2D eigenvalue weighted by molar-refractivity contribution is -0.120. The van der Waals surface area contributed by atoms with Crippen LogP contribution in [-0.4, -0.2) is 27.3 Å². The third kappa shape index (κ3) is 3.97. The van der Waals surface area contributed by atoms with E-state index < -0.39 is 10.0 Å². The highest BCUT2D eigenvalue weighted by molar-refractivity contribution is 7.90. The van der Waals surface area contributed by atoms with E-state index in [2.05, 4.69) is 15.0 Å². The summed E-state index contributed by atoms with van der Waals surface area (Å²) in [6.07, 6.45) is -0.149. The molecule has 7 nitrogen and oxygen atoms in total. The number of sulfonamides is 1. The fourth-order valence-electron chi connectivity index (χ4n) is 2.40. The lowest BCUT2D eigenvalue weighted by Crippen LogP contribution is -2.30. The number of benzene rings is 2. The Hall–Kier alpha value is -2.87. The van der Waals surface area contributed by atoms with E-state index in [0.717, 1.165) is 11.3 Å². The summed E-state index contributed by atoms with van der Waals surface area (Å²) in [4.78, 5) is 12.2. The summed E-state index contributed by atoms with van der Waals surface area (Å²) >= 11 is 0. The number of rotatable bonds is 5. The Balaban J connectivity index is 1.62. The van der Waals surface area contributed by atoms with Gasteiger partial charge in [0.2, 0.25) is 5.91 Å². The van der Waals surface area contributed by atoms with E-state index in [4.69, 9.17) is 4.74 Å². The minimum absolute atomic E-state index is 0.103. The first kappa shape index (κ1) is 17.0. The fraction of sp³-hybridized carbons (Fsp3) is 0.176. The third-order valence-electron chi connectivity index (χ3n) is 3.65. The molecule has 1 aliphatic heterocycles.